The molecule has 0 aliphatic rings. The summed E-state index contributed by atoms with van der Waals surface area (Å²) in [6.07, 6.45) is 1.15. The Morgan fingerprint density at radius 1 is 1.42 bits per heavy atom. The molecule has 0 saturated heterocycles. The largest absolute Gasteiger partial charge is 0.468 e. The Morgan fingerprint density at radius 3 is 2.68 bits per heavy atom. The zero-order valence-corrected chi connectivity index (χ0v) is 10.1. The van der Waals surface area contributed by atoms with E-state index in [1.54, 1.807) is 6.92 Å². The van der Waals surface area contributed by atoms with Crippen molar-refractivity contribution >= 4 is 23.1 Å². The fraction of sp³-hybridized carbons (Fsp3) is 0.167. The molecule has 0 bridgehead atoms. The van der Waals surface area contributed by atoms with Crippen LogP contribution < -0.4 is 5.43 Å². The lowest BCUT2D eigenvalue weighted by Crippen LogP contribution is -1.99. The minimum Gasteiger partial charge on any atom is -0.468 e. The van der Waals surface area contributed by atoms with Gasteiger partial charge < -0.3 is 9.15 Å². The second-order valence-corrected chi connectivity index (χ2v) is 3.25. The summed E-state index contributed by atoms with van der Waals surface area (Å²) < 4.78 is 9.10. The summed E-state index contributed by atoms with van der Waals surface area (Å²) in [4.78, 5) is 30.4. The van der Waals surface area contributed by atoms with E-state index in [4.69, 9.17) is 4.42 Å². The molecule has 1 aromatic heterocycles. The molecule has 1 heterocycles. The molecule has 0 unspecified atom stereocenters. The number of ether oxygens (including phenoxy) is 1. The molecule has 7 nitrogen and oxygen atoms in total. The van der Waals surface area contributed by atoms with Crippen LogP contribution in [0.1, 0.15) is 6.92 Å². The smallest absolute Gasteiger partial charge is 0.312 e. The van der Waals surface area contributed by atoms with Crippen LogP contribution in [0.25, 0.3) is 11.0 Å². The van der Waals surface area contributed by atoms with Crippen molar-refractivity contribution in [1.82, 2.24) is 0 Å². The van der Waals surface area contributed by atoms with Crippen molar-refractivity contribution in [1.29, 1.82) is 0 Å². The first kappa shape index (κ1) is 14.4. The number of carbonyl (C=O) groups is 1. The van der Waals surface area contributed by atoms with Gasteiger partial charge in [-0.25, -0.2) is 0 Å². The molecular weight excluding hydrogens is 254 g/mol. The minimum absolute atomic E-state index is 0.0185. The number of benzene rings is 1. The minimum atomic E-state index is -0.578. The van der Waals surface area contributed by atoms with E-state index >= 15 is 0 Å². The summed E-state index contributed by atoms with van der Waals surface area (Å²) in [7, 11) is 0. The number of fused-ring (bicyclic) bond motifs is 1. The van der Waals surface area contributed by atoms with Crippen molar-refractivity contribution in [3.05, 3.63) is 50.9 Å². The van der Waals surface area contributed by atoms with E-state index in [-0.39, 0.29) is 22.1 Å². The SMILES string of the molecule is CCOC=O.O=c1ccoc2c([N+](=O)[O-])cccc12. The van der Waals surface area contributed by atoms with E-state index in [1.807, 2.05) is 0 Å². The quantitative estimate of drug-likeness (QED) is 0.477. The maximum Gasteiger partial charge on any atom is 0.312 e. The summed E-state index contributed by atoms with van der Waals surface area (Å²) in [5.74, 6) is 0. The highest BCUT2D eigenvalue weighted by Gasteiger charge is 2.14. The summed E-state index contributed by atoms with van der Waals surface area (Å²) >= 11 is 0. The number of hydrogen-bond donors (Lipinski definition) is 0. The van der Waals surface area contributed by atoms with Gasteiger partial charge in [0.2, 0.25) is 5.58 Å². The molecule has 0 fully saturated rings. The highest BCUT2D eigenvalue weighted by molar-refractivity contribution is 5.84. The zero-order chi connectivity index (χ0) is 14.3. The molecule has 0 radical (unpaired) electrons. The van der Waals surface area contributed by atoms with Crippen LogP contribution in [0.5, 0.6) is 0 Å². The molecule has 0 aliphatic carbocycles. The Balaban J connectivity index is 0.000000312. The number of nitro groups is 1. The summed E-state index contributed by atoms with van der Waals surface area (Å²) in [6, 6.07) is 5.48. The van der Waals surface area contributed by atoms with Gasteiger partial charge in [-0.2, -0.15) is 0 Å². The molecule has 0 aliphatic heterocycles. The molecule has 7 heteroatoms. The predicted octanol–water partition coefficient (Wildman–Crippen LogP) is 1.88. The van der Waals surface area contributed by atoms with Gasteiger partial charge in [0.05, 0.1) is 23.2 Å². The summed E-state index contributed by atoms with van der Waals surface area (Å²) in [6.45, 7) is 2.66. The molecule has 2 aromatic rings. The van der Waals surface area contributed by atoms with Gasteiger partial charge in [0.1, 0.15) is 0 Å². The van der Waals surface area contributed by atoms with Gasteiger partial charge >= 0.3 is 5.69 Å². The van der Waals surface area contributed by atoms with Crippen LogP contribution in [-0.2, 0) is 9.53 Å². The average Bonchev–Trinajstić information content (AvgIpc) is 2.40. The van der Waals surface area contributed by atoms with Gasteiger partial charge in [-0.1, -0.05) is 6.07 Å². The van der Waals surface area contributed by atoms with E-state index in [2.05, 4.69) is 4.74 Å². The first-order chi connectivity index (χ1) is 9.11. The van der Waals surface area contributed by atoms with Crippen molar-refractivity contribution in [3.63, 3.8) is 0 Å². The Morgan fingerprint density at radius 2 is 2.16 bits per heavy atom. The second-order valence-electron chi connectivity index (χ2n) is 3.25. The highest BCUT2D eigenvalue weighted by Crippen LogP contribution is 2.22. The van der Waals surface area contributed by atoms with Gasteiger partial charge in [0.15, 0.2) is 5.43 Å². The lowest BCUT2D eigenvalue weighted by molar-refractivity contribution is -0.383. The Kier molecular flexibility index (Phi) is 5.21. The van der Waals surface area contributed by atoms with Crippen LogP contribution in [-0.4, -0.2) is 18.0 Å². The van der Waals surface area contributed by atoms with Gasteiger partial charge in [-0.3, -0.25) is 19.7 Å². The van der Waals surface area contributed by atoms with Crippen LogP contribution in [0.2, 0.25) is 0 Å². The Hall–Kier alpha value is -2.70. The van der Waals surface area contributed by atoms with Crippen molar-refractivity contribution in [2.75, 3.05) is 6.61 Å². The number of non-ortho nitro benzene ring substituents is 1. The third kappa shape index (κ3) is 3.63. The lowest BCUT2D eigenvalue weighted by Gasteiger charge is -1.95. The van der Waals surface area contributed by atoms with Crippen LogP contribution in [0.15, 0.2) is 39.7 Å². The lowest BCUT2D eigenvalue weighted by atomic mass is 10.2. The van der Waals surface area contributed by atoms with Crippen LogP contribution in [0.4, 0.5) is 5.69 Å². The summed E-state index contributed by atoms with van der Waals surface area (Å²) in [5.41, 5.74) is -0.458. The molecule has 0 spiro atoms. The number of para-hydroxylation sites is 1. The number of nitro benzene ring substituents is 1. The zero-order valence-electron chi connectivity index (χ0n) is 10.1. The maximum absolute atomic E-state index is 11.3. The van der Waals surface area contributed by atoms with Crippen LogP contribution in [0.3, 0.4) is 0 Å². The van der Waals surface area contributed by atoms with Crippen LogP contribution >= 0.6 is 0 Å². The molecule has 0 atom stereocenters. The molecule has 0 saturated carbocycles. The monoisotopic (exact) mass is 265 g/mol. The molecular formula is C12H11NO6. The molecule has 0 N–H and O–H groups in total. The van der Waals surface area contributed by atoms with E-state index in [1.165, 1.54) is 24.3 Å². The van der Waals surface area contributed by atoms with Gasteiger partial charge in [-0.05, 0) is 13.0 Å². The highest BCUT2D eigenvalue weighted by atomic mass is 16.6. The second kappa shape index (κ2) is 6.90. The first-order valence-corrected chi connectivity index (χ1v) is 5.32. The third-order valence-corrected chi connectivity index (χ3v) is 2.10. The molecule has 19 heavy (non-hydrogen) atoms. The molecule has 100 valence electrons. The normalized spacial score (nSPS) is 9.32. The van der Waals surface area contributed by atoms with Crippen molar-refractivity contribution in [2.24, 2.45) is 0 Å². The van der Waals surface area contributed by atoms with E-state index in [0.29, 0.717) is 13.1 Å². The van der Waals surface area contributed by atoms with Crippen LogP contribution in [0, 0.1) is 10.1 Å². The molecule has 0 amide bonds. The number of carbonyl (C=O) groups excluding carboxylic acids is 1. The predicted molar refractivity (Wildman–Crippen MR) is 66.8 cm³/mol. The van der Waals surface area contributed by atoms with Crippen molar-refractivity contribution in [2.45, 2.75) is 6.92 Å². The summed E-state index contributed by atoms with van der Waals surface area (Å²) in [5, 5.41) is 10.8. The fourth-order valence-electron chi connectivity index (χ4n) is 1.31. The average molecular weight is 265 g/mol. The number of hydrogen-bond acceptors (Lipinski definition) is 6. The van der Waals surface area contributed by atoms with E-state index < -0.39 is 4.92 Å². The fourth-order valence-corrected chi connectivity index (χ4v) is 1.31. The van der Waals surface area contributed by atoms with E-state index in [9.17, 15) is 19.7 Å². The maximum atomic E-state index is 11.3. The number of nitrogens with zero attached hydrogens (tertiary/aromatic N) is 1. The Labute approximate surface area is 107 Å². The van der Waals surface area contributed by atoms with Crippen molar-refractivity contribution < 1.29 is 18.9 Å². The van der Waals surface area contributed by atoms with E-state index in [0.717, 1.165) is 6.26 Å². The standard InChI is InChI=1S/C9H5NO4.C3H6O2/c11-8-4-5-14-9-6(8)2-1-3-7(9)10(12)13;1-2-5-3-4/h1-5H;3H,2H2,1H3. The number of rotatable bonds is 3. The van der Waals surface area contributed by atoms with Gasteiger partial charge in [-0.15, -0.1) is 0 Å². The first-order valence-electron chi connectivity index (χ1n) is 5.32. The van der Waals surface area contributed by atoms with Gasteiger partial charge in [0, 0.05) is 12.1 Å². The Bertz CT molecular complexity index is 633. The van der Waals surface area contributed by atoms with Gasteiger partial charge in [0.25, 0.3) is 6.47 Å². The molecule has 1 aromatic carbocycles. The van der Waals surface area contributed by atoms with Crippen molar-refractivity contribution in [3.8, 4) is 0 Å². The third-order valence-electron chi connectivity index (χ3n) is 2.10. The molecule has 2 rings (SSSR count). The topological polar surface area (TPSA) is 99.7 Å².